The zero-order chi connectivity index (χ0) is 14.7. The third-order valence-corrected chi connectivity index (χ3v) is 3.86. The minimum atomic E-state index is -0.611. The molecule has 1 N–H and O–H groups in total. The van der Waals surface area contributed by atoms with Crippen LogP contribution in [0.1, 0.15) is 0 Å². The van der Waals surface area contributed by atoms with Crippen molar-refractivity contribution < 1.29 is 23.5 Å². The van der Waals surface area contributed by atoms with Gasteiger partial charge in [-0.15, -0.1) is 0 Å². The largest absolute Gasteiger partial charge is 0.538 e. The van der Waals surface area contributed by atoms with Gasteiger partial charge in [0, 0.05) is 4.47 Å². The van der Waals surface area contributed by atoms with Crippen molar-refractivity contribution in [2.45, 2.75) is 5.03 Å². The van der Waals surface area contributed by atoms with Crippen LogP contribution in [-0.4, -0.2) is 16.9 Å². The highest BCUT2D eigenvalue weighted by Gasteiger charge is 2.16. The Morgan fingerprint density at radius 2 is 2.40 bits per heavy atom. The van der Waals surface area contributed by atoms with E-state index in [2.05, 4.69) is 31.0 Å². The fourth-order valence-corrected chi connectivity index (χ4v) is 2.42. The molecule has 0 fully saturated rings. The first kappa shape index (κ1) is 14.8. The average Bonchev–Trinajstić information content (AvgIpc) is 2.70. The number of anilines is 1. The topological polar surface area (TPSA) is 82.1 Å². The van der Waals surface area contributed by atoms with E-state index >= 15 is 0 Å². The first-order valence-electron chi connectivity index (χ1n) is 5.38. The number of hydrogen-bond acceptors (Lipinski definition) is 5. The molecule has 0 radical (unpaired) electrons. The van der Waals surface area contributed by atoms with Gasteiger partial charge in [-0.2, -0.15) is 0 Å². The van der Waals surface area contributed by atoms with E-state index in [0.717, 1.165) is 11.8 Å². The predicted molar refractivity (Wildman–Crippen MR) is 70.6 cm³/mol. The lowest BCUT2D eigenvalue weighted by atomic mass is 10.3. The van der Waals surface area contributed by atoms with Crippen molar-refractivity contribution in [2.75, 3.05) is 11.1 Å². The summed E-state index contributed by atoms with van der Waals surface area (Å²) in [6, 6.07) is 4.31. The molecule has 2 aromatic rings. The maximum Gasteiger partial charge on any atom is 0.291 e. The summed E-state index contributed by atoms with van der Waals surface area (Å²) in [4.78, 5) is 11.7. The van der Waals surface area contributed by atoms with Crippen molar-refractivity contribution in [3.63, 3.8) is 0 Å². The van der Waals surface area contributed by atoms with E-state index in [1.807, 2.05) is 0 Å². The SMILES string of the molecule is C[n+]1noc([O-])c1SCC(=O)Nc1ccc(Br)cc1F. The molecule has 0 saturated carbocycles. The van der Waals surface area contributed by atoms with Crippen LogP contribution in [0.25, 0.3) is 0 Å². The second kappa shape index (κ2) is 6.23. The van der Waals surface area contributed by atoms with E-state index in [4.69, 9.17) is 0 Å². The lowest BCUT2D eigenvalue weighted by Gasteiger charge is -2.05. The molecular weight excluding hydrogens is 353 g/mol. The quantitative estimate of drug-likeness (QED) is 0.653. The van der Waals surface area contributed by atoms with Crippen molar-refractivity contribution in [2.24, 2.45) is 7.05 Å². The first-order valence-corrected chi connectivity index (χ1v) is 7.16. The van der Waals surface area contributed by atoms with Gasteiger partial charge in [-0.25, -0.2) is 4.39 Å². The number of carbonyl (C=O) groups is 1. The summed E-state index contributed by atoms with van der Waals surface area (Å²) in [5, 5.41) is 17.3. The van der Waals surface area contributed by atoms with Gasteiger partial charge in [0.15, 0.2) is 13.0 Å². The van der Waals surface area contributed by atoms with E-state index in [1.54, 1.807) is 6.07 Å². The molecule has 1 amide bonds. The number of aromatic nitrogens is 2. The summed E-state index contributed by atoms with van der Waals surface area (Å²) >= 11 is 4.09. The van der Waals surface area contributed by atoms with Crippen LogP contribution in [-0.2, 0) is 11.8 Å². The number of aryl methyl sites for hydroxylation is 1. The van der Waals surface area contributed by atoms with Gasteiger partial charge in [0.05, 0.1) is 16.7 Å². The monoisotopic (exact) mass is 361 g/mol. The fraction of sp³-hybridized carbons (Fsp3) is 0.182. The number of rotatable bonds is 4. The Kier molecular flexibility index (Phi) is 4.61. The maximum absolute atomic E-state index is 13.5. The number of amides is 1. The Hall–Kier alpha value is -1.61. The molecule has 0 aliphatic rings. The van der Waals surface area contributed by atoms with Crippen molar-refractivity contribution in [1.29, 1.82) is 0 Å². The Morgan fingerprint density at radius 1 is 1.65 bits per heavy atom. The summed E-state index contributed by atoms with van der Waals surface area (Å²) in [6.07, 6.45) is 0. The van der Waals surface area contributed by atoms with Crippen LogP contribution < -0.4 is 15.1 Å². The molecule has 0 aliphatic carbocycles. The molecule has 106 valence electrons. The Balaban J connectivity index is 1.96. The molecule has 0 aliphatic heterocycles. The molecule has 0 spiro atoms. The fourth-order valence-electron chi connectivity index (χ4n) is 1.37. The number of hydrogen-bond donors (Lipinski definition) is 1. The number of halogens is 2. The average molecular weight is 362 g/mol. The number of nitrogens with one attached hydrogen (secondary N) is 1. The molecule has 9 heteroatoms. The molecular formula is C11H9BrFN3O3S. The molecule has 2 rings (SSSR count). The highest BCUT2D eigenvalue weighted by Crippen LogP contribution is 2.22. The number of carbonyl (C=O) groups excluding carboxylic acids is 1. The molecule has 0 atom stereocenters. The molecule has 1 heterocycles. The van der Waals surface area contributed by atoms with Crippen LogP contribution in [0, 0.1) is 5.82 Å². The van der Waals surface area contributed by atoms with Crippen LogP contribution in [0.5, 0.6) is 5.95 Å². The second-order valence-electron chi connectivity index (χ2n) is 3.75. The van der Waals surface area contributed by atoms with Crippen molar-refractivity contribution in [1.82, 2.24) is 5.27 Å². The predicted octanol–water partition coefficient (Wildman–Crippen LogP) is 1.21. The van der Waals surface area contributed by atoms with Gasteiger partial charge >= 0.3 is 0 Å². The summed E-state index contributed by atoms with van der Waals surface area (Å²) < 4.78 is 19.8. The number of thioether (sulfide) groups is 1. The zero-order valence-corrected chi connectivity index (χ0v) is 12.6. The summed E-state index contributed by atoms with van der Waals surface area (Å²) in [6.45, 7) is 0. The van der Waals surface area contributed by atoms with Crippen LogP contribution >= 0.6 is 27.7 Å². The highest BCUT2D eigenvalue weighted by atomic mass is 79.9. The number of benzene rings is 1. The van der Waals surface area contributed by atoms with Crippen LogP contribution in [0.3, 0.4) is 0 Å². The van der Waals surface area contributed by atoms with Gasteiger partial charge in [-0.1, -0.05) is 20.6 Å². The van der Waals surface area contributed by atoms with E-state index in [0.29, 0.717) is 4.47 Å². The van der Waals surface area contributed by atoms with E-state index < -0.39 is 17.7 Å². The van der Waals surface area contributed by atoms with Crippen molar-refractivity contribution in [3.05, 3.63) is 28.5 Å². The van der Waals surface area contributed by atoms with Gasteiger partial charge < -0.3 is 14.9 Å². The van der Waals surface area contributed by atoms with Gasteiger partial charge in [0.25, 0.3) is 5.03 Å². The molecule has 1 aromatic heterocycles. The molecule has 6 nitrogen and oxygen atoms in total. The number of nitrogens with zero attached hydrogens (tertiary/aromatic N) is 2. The first-order chi connectivity index (χ1) is 9.47. The summed E-state index contributed by atoms with van der Waals surface area (Å²) in [7, 11) is 1.53. The zero-order valence-electron chi connectivity index (χ0n) is 10.2. The molecule has 0 bridgehead atoms. The van der Waals surface area contributed by atoms with Crippen LogP contribution in [0.15, 0.2) is 32.2 Å². The van der Waals surface area contributed by atoms with Gasteiger partial charge in [0.1, 0.15) is 5.82 Å². The summed E-state index contributed by atoms with van der Waals surface area (Å²) in [5.41, 5.74) is 0.0795. The standard InChI is InChI=1S/C11H9BrFN3O3S/c1-16-10(11(18)19-15-16)20-5-9(17)14-8-3-2-6(12)4-7(8)13/h2-4H,5H2,1H3,(H-,14,15,17,18). The molecule has 20 heavy (non-hydrogen) atoms. The van der Waals surface area contributed by atoms with Crippen LogP contribution in [0.2, 0.25) is 0 Å². The van der Waals surface area contributed by atoms with Crippen LogP contribution in [0.4, 0.5) is 10.1 Å². The second-order valence-corrected chi connectivity index (χ2v) is 5.63. The van der Waals surface area contributed by atoms with Gasteiger partial charge in [-0.05, 0) is 30.0 Å². The van der Waals surface area contributed by atoms with Crippen molar-refractivity contribution >= 4 is 39.3 Å². The van der Waals surface area contributed by atoms with E-state index in [1.165, 1.54) is 23.9 Å². The normalized spacial score (nSPS) is 10.6. The molecule has 0 saturated heterocycles. The minimum absolute atomic E-state index is 0.0558. The third kappa shape index (κ3) is 3.48. The Morgan fingerprint density at radius 3 is 3.00 bits per heavy atom. The lowest BCUT2D eigenvalue weighted by Crippen LogP contribution is -2.32. The van der Waals surface area contributed by atoms with E-state index in [9.17, 15) is 14.3 Å². The molecule has 0 unspecified atom stereocenters. The van der Waals surface area contributed by atoms with Gasteiger partial charge in [-0.3, -0.25) is 4.79 Å². The van der Waals surface area contributed by atoms with Crippen molar-refractivity contribution in [3.8, 4) is 5.95 Å². The minimum Gasteiger partial charge on any atom is -0.538 e. The third-order valence-electron chi connectivity index (χ3n) is 2.26. The Labute approximate surface area is 126 Å². The Bertz CT molecular complexity index is 630. The molecule has 1 aromatic carbocycles. The lowest BCUT2D eigenvalue weighted by molar-refractivity contribution is -0.772. The van der Waals surface area contributed by atoms with E-state index in [-0.39, 0.29) is 16.5 Å². The highest BCUT2D eigenvalue weighted by molar-refractivity contribution is 9.10. The maximum atomic E-state index is 13.5. The van der Waals surface area contributed by atoms with Gasteiger partial charge in [0.2, 0.25) is 5.91 Å². The smallest absolute Gasteiger partial charge is 0.291 e. The summed E-state index contributed by atoms with van der Waals surface area (Å²) in [5.74, 6) is -1.64.